The zero-order valence-electron chi connectivity index (χ0n) is 12.9. The number of nitrogens with one attached hydrogen (secondary N) is 1. The third-order valence-electron chi connectivity index (χ3n) is 3.66. The Labute approximate surface area is 126 Å². The molecule has 1 N–H and O–H groups in total. The van der Waals surface area contributed by atoms with E-state index >= 15 is 0 Å². The summed E-state index contributed by atoms with van der Waals surface area (Å²) in [7, 11) is 0. The van der Waals surface area contributed by atoms with Gasteiger partial charge in [0.15, 0.2) is 0 Å². The van der Waals surface area contributed by atoms with Gasteiger partial charge in [0.25, 0.3) is 0 Å². The van der Waals surface area contributed by atoms with Crippen LogP contribution in [0.3, 0.4) is 0 Å². The Morgan fingerprint density at radius 3 is 2.20 bits per heavy atom. The van der Waals surface area contributed by atoms with E-state index in [1.165, 1.54) is 16.0 Å². The van der Waals surface area contributed by atoms with Crippen molar-refractivity contribution in [1.82, 2.24) is 5.32 Å². The molecule has 0 saturated carbocycles. The average Bonchev–Trinajstić information content (AvgIpc) is 2.78. The fourth-order valence-electron chi connectivity index (χ4n) is 2.53. The molecule has 1 aromatic heterocycles. The number of benzene rings is 1. The van der Waals surface area contributed by atoms with E-state index in [-0.39, 0.29) is 6.04 Å². The zero-order chi connectivity index (χ0) is 14.7. The Kier molecular flexibility index (Phi) is 4.95. The van der Waals surface area contributed by atoms with Crippen LogP contribution in [0.4, 0.5) is 0 Å². The largest absolute Gasteiger partial charge is 0.466 e. The summed E-state index contributed by atoms with van der Waals surface area (Å²) >= 11 is 1.77. The highest BCUT2D eigenvalue weighted by atomic mass is 32.2. The minimum Gasteiger partial charge on any atom is -0.466 e. The first-order valence-corrected chi connectivity index (χ1v) is 8.20. The number of hydrogen-bond donors (Lipinski definition) is 1. The standard InChI is InChI=1S/C17H23NOS/c1-11-10-17(14(4)19-11)13(3)18-12(2)15-6-8-16(20-5)9-7-15/h6-10,12-13,18H,1-5H3. The Hall–Kier alpha value is -1.19. The maximum Gasteiger partial charge on any atom is 0.105 e. The Morgan fingerprint density at radius 1 is 1.05 bits per heavy atom. The second kappa shape index (κ2) is 6.51. The SMILES string of the molecule is CSc1ccc(C(C)NC(C)c2cc(C)oc2C)cc1. The van der Waals surface area contributed by atoms with Gasteiger partial charge in [-0.3, -0.25) is 0 Å². The second-order valence-electron chi connectivity index (χ2n) is 5.25. The van der Waals surface area contributed by atoms with Crippen LogP contribution in [0.25, 0.3) is 0 Å². The van der Waals surface area contributed by atoms with Crippen LogP contribution in [0.2, 0.25) is 0 Å². The fourth-order valence-corrected chi connectivity index (χ4v) is 2.94. The molecule has 1 aromatic carbocycles. The molecule has 20 heavy (non-hydrogen) atoms. The van der Waals surface area contributed by atoms with Crippen molar-refractivity contribution in [3.05, 3.63) is 53.0 Å². The molecule has 108 valence electrons. The fraction of sp³-hybridized carbons (Fsp3) is 0.412. The van der Waals surface area contributed by atoms with Crippen LogP contribution in [0.15, 0.2) is 39.6 Å². The van der Waals surface area contributed by atoms with Crippen LogP contribution in [-0.4, -0.2) is 6.26 Å². The van der Waals surface area contributed by atoms with Crippen molar-refractivity contribution in [3.8, 4) is 0 Å². The van der Waals surface area contributed by atoms with Crippen molar-refractivity contribution in [3.63, 3.8) is 0 Å². The van der Waals surface area contributed by atoms with Gasteiger partial charge in [-0.1, -0.05) is 12.1 Å². The first-order valence-electron chi connectivity index (χ1n) is 6.98. The van der Waals surface area contributed by atoms with Crippen molar-refractivity contribution in [2.24, 2.45) is 0 Å². The van der Waals surface area contributed by atoms with Gasteiger partial charge in [0.1, 0.15) is 11.5 Å². The number of aryl methyl sites for hydroxylation is 2. The summed E-state index contributed by atoms with van der Waals surface area (Å²) in [5.74, 6) is 1.98. The lowest BCUT2D eigenvalue weighted by atomic mass is 10.0. The van der Waals surface area contributed by atoms with Crippen LogP contribution in [0.1, 0.15) is 48.6 Å². The molecule has 1 heterocycles. The summed E-state index contributed by atoms with van der Waals surface area (Å²) < 4.78 is 5.61. The van der Waals surface area contributed by atoms with Crippen molar-refractivity contribution in [2.45, 2.75) is 44.7 Å². The third kappa shape index (κ3) is 3.47. The molecule has 2 unspecified atom stereocenters. The topological polar surface area (TPSA) is 25.2 Å². The molecular weight excluding hydrogens is 266 g/mol. The maximum atomic E-state index is 5.61. The Balaban J connectivity index is 2.06. The highest BCUT2D eigenvalue weighted by molar-refractivity contribution is 7.98. The first kappa shape index (κ1) is 15.2. The predicted molar refractivity (Wildman–Crippen MR) is 86.4 cm³/mol. The second-order valence-corrected chi connectivity index (χ2v) is 6.13. The van der Waals surface area contributed by atoms with E-state index < -0.39 is 0 Å². The molecule has 0 radical (unpaired) electrons. The lowest BCUT2D eigenvalue weighted by molar-refractivity contribution is 0.469. The third-order valence-corrected chi connectivity index (χ3v) is 4.41. The van der Waals surface area contributed by atoms with Crippen LogP contribution in [0, 0.1) is 13.8 Å². The number of hydrogen-bond acceptors (Lipinski definition) is 3. The summed E-state index contributed by atoms with van der Waals surface area (Å²) in [5, 5.41) is 3.64. The molecule has 2 rings (SSSR count). The minimum atomic E-state index is 0.280. The van der Waals surface area contributed by atoms with Gasteiger partial charge in [-0.05, 0) is 57.7 Å². The van der Waals surface area contributed by atoms with Gasteiger partial charge in [-0.15, -0.1) is 11.8 Å². The highest BCUT2D eigenvalue weighted by Gasteiger charge is 2.15. The molecule has 2 nitrogen and oxygen atoms in total. The smallest absolute Gasteiger partial charge is 0.105 e. The zero-order valence-corrected chi connectivity index (χ0v) is 13.7. The minimum absolute atomic E-state index is 0.280. The van der Waals surface area contributed by atoms with Gasteiger partial charge < -0.3 is 9.73 Å². The lowest BCUT2D eigenvalue weighted by Gasteiger charge is -2.20. The van der Waals surface area contributed by atoms with Gasteiger partial charge in [0.2, 0.25) is 0 Å². The summed E-state index contributed by atoms with van der Waals surface area (Å²) in [6.07, 6.45) is 2.10. The molecule has 0 saturated heterocycles. The molecule has 0 amide bonds. The Morgan fingerprint density at radius 2 is 1.70 bits per heavy atom. The van der Waals surface area contributed by atoms with Crippen molar-refractivity contribution in [1.29, 1.82) is 0 Å². The van der Waals surface area contributed by atoms with Crippen LogP contribution < -0.4 is 5.32 Å². The van der Waals surface area contributed by atoms with E-state index in [2.05, 4.69) is 55.8 Å². The van der Waals surface area contributed by atoms with Gasteiger partial charge >= 0.3 is 0 Å². The van der Waals surface area contributed by atoms with Gasteiger partial charge in [-0.2, -0.15) is 0 Å². The van der Waals surface area contributed by atoms with E-state index in [1.807, 2.05) is 13.8 Å². The first-order chi connectivity index (χ1) is 9.51. The molecule has 3 heteroatoms. The van der Waals surface area contributed by atoms with Crippen molar-refractivity contribution < 1.29 is 4.42 Å². The van der Waals surface area contributed by atoms with E-state index in [1.54, 1.807) is 11.8 Å². The molecule has 2 atom stereocenters. The molecule has 0 aliphatic heterocycles. The molecule has 0 aliphatic rings. The monoisotopic (exact) mass is 289 g/mol. The summed E-state index contributed by atoms with van der Waals surface area (Å²) in [6, 6.07) is 11.5. The van der Waals surface area contributed by atoms with Gasteiger partial charge in [0, 0.05) is 22.5 Å². The van der Waals surface area contributed by atoms with Crippen LogP contribution in [0.5, 0.6) is 0 Å². The van der Waals surface area contributed by atoms with E-state index in [0.29, 0.717) is 6.04 Å². The van der Waals surface area contributed by atoms with E-state index in [9.17, 15) is 0 Å². The molecular formula is C17H23NOS. The van der Waals surface area contributed by atoms with E-state index in [0.717, 1.165) is 11.5 Å². The quantitative estimate of drug-likeness (QED) is 0.781. The van der Waals surface area contributed by atoms with Gasteiger partial charge in [-0.25, -0.2) is 0 Å². The Bertz CT molecular complexity index is 559. The number of furan rings is 1. The highest BCUT2D eigenvalue weighted by Crippen LogP contribution is 2.25. The maximum absolute atomic E-state index is 5.61. The molecule has 2 aromatic rings. The van der Waals surface area contributed by atoms with E-state index in [4.69, 9.17) is 4.42 Å². The average molecular weight is 289 g/mol. The van der Waals surface area contributed by atoms with Crippen molar-refractivity contribution >= 4 is 11.8 Å². The molecule has 0 aliphatic carbocycles. The van der Waals surface area contributed by atoms with Gasteiger partial charge in [0.05, 0.1) is 0 Å². The molecule has 0 spiro atoms. The normalized spacial score (nSPS) is 14.2. The number of rotatable bonds is 5. The molecule has 0 bridgehead atoms. The number of thioether (sulfide) groups is 1. The molecule has 0 fully saturated rings. The summed E-state index contributed by atoms with van der Waals surface area (Å²) in [4.78, 5) is 1.30. The lowest BCUT2D eigenvalue weighted by Crippen LogP contribution is -2.22. The van der Waals surface area contributed by atoms with Crippen molar-refractivity contribution in [2.75, 3.05) is 6.26 Å². The summed E-state index contributed by atoms with van der Waals surface area (Å²) in [6.45, 7) is 8.41. The summed E-state index contributed by atoms with van der Waals surface area (Å²) in [5.41, 5.74) is 2.56. The van der Waals surface area contributed by atoms with Crippen LogP contribution in [-0.2, 0) is 0 Å². The predicted octanol–water partition coefficient (Wildman–Crippen LogP) is 5.03. The van der Waals surface area contributed by atoms with Crippen LogP contribution >= 0.6 is 11.8 Å².